The number of thioether (sulfide) groups is 1. The average molecular weight is 381 g/mol. The molecule has 0 atom stereocenters. The highest BCUT2D eigenvalue weighted by Gasteiger charge is 2.19. The zero-order valence-electron chi connectivity index (χ0n) is 12.3. The maximum atomic E-state index is 12.1. The highest BCUT2D eigenvalue weighted by atomic mass is 79.9. The molecule has 3 rings (SSSR count). The molecule has 0 unspecified atom stereocenters. The van der Waals surface area contributed by atoms with Crippen molar-refractivity contribution in [2.45, 2.75) is 18.0 Å². The maximum absolute atomic E-state index is 12.1. The quantitative estimate of drug-likeness (QED) is 0.765. The second kappa shape index (κ2) is 6.83. The van der Waals surface area contributed by atoms with Gasteiger partial charge in [0.15, 0.2) is 11.0 Å². The summed E-state index contributed by atoms with van der Waals surface area (Å²) in [6, 6.07) is 7.96. The van der Waals surface area contributed by atoms with Gasteiger partial charge in [0.05, 0.1) is 5.75 Å². The minimum absolute atomic E-state index is 0.190. The standard InChI is InChI=1S/C15H17BrN4OS/c1-19-14(11-4-6-12(16)7-5-11)17-18-15(19)22-10-13(21)20-8-2-3-9-20/h4-7H,2-3,8-10H2,1H3. The van der Waals surface area contributed by atoms with E-state index in [1.165, 1.54) is 11.8 Å². The average Bonchev–Trinajstić information content (AvgIpc) is 3.16. The molecular formula is C15H17BrN4OS. The van der Waals surface area contributed by atoms with Crippen molar-refractivity contribution in [1.82, 2.24) is 19.7 Å². The number of hydrogen-bond acceptors (Lipinski definition) is 4. The first-order valence-corrected chi connectivity index (χ1v) is 8.99. The molecule has 1 aliphatic heterocycles. The van der Waals surface area contributed by atoms with Gasteiger partial charge >= 0.3 is 0 Å². The van der Waals surface area contributed by atoms with E-state index in [0.29, 0.717) is 5.75 Å². The summed E-state index contributed by atoms with van der Waals surface area (Å²) in [6.07, 6.45) is 2.24. The molecule has 0 radical (unpaired) electrons. The third-order valence-corrected chi connectivity index (χ3v) is 5.25. The molecule has 0 N–H and O–H groups in total. The second-order valence-corrected chi connectivity index (χ2v) is 7.11. The third kappa shape index (κ3) is 3.35. The molecule has 1 amide bonds. The lowest BCUT2D eigenvalue weighted by Gasteiger charge is -2.14. The molecule has 116 valence electrons. The number of hydrogen-bond donors (Lipinski definition) is 0. The third-order valence-electron chi connectivity index (χ3n) is 3.72. The summed E-state index contributed by atoms with van der Waals surface area (Å²) >= 11 is 4.88. The lowest BCUT2D eigenvalue weighted by atomic mass is 10.2. The summed E-state index contributed by atoms with van der Waals surface area (Å²) in [7, 11) is 1.93. The first-order chi connectivity index (χ1) is 10.6. The molecular weight excluding hydrogens is 364 g/mol. The smallest absolute Gasteiger partial charge is 0.233 e. The molecule has 2 heterocycles. The SMILES string of the molecule is Cn1c(SCC(=O)N2CCCC2)nnc1-c1ccc(Br)cc1. The monoisotopic (exact) mass is 380 g/mol. The predicted molar refractivity (Wildman–Crippen MR) is 90.7 cm³/mol. The summed E-state index contributed by atoms with van der Waals surface area (Å²) in [5, 5.41) is 9.22. The summed E-state index contributed by atoms with van der Waals surface area (Å²) in [6.45, 7) is 1.78. The Labute approximate surface area is 142 Å². The number of benzene rings is 1. The topological polar surface area (TPSA) is 51.0 Å². The van der Waals surface area contributed by atoms with Gasteiger partial charge in [0.25, 0.3) is 0 Å². The number of aromatic nitrogens is 3. The Hall–Kier alpha value is -1.34. The van der Waals surface area contributed by atoms with Crippen LogP contribution >= 0.6 is 27.7 Å². The van der Waals surface area contributed by atoms with Crippen LogP contribution in [-0.4, -0.2) is 44.4 Å². The van der Waals surface area contributed by atoms with E-state index >= 15 is 0 Å². The zero-order valence-corrected chi connectivity index (χ0v) is 14.7. The van der Waals surface area contributed by atoms with E-state index in [9.17, 15) is 4.79 Å². The number of carbonyl (C=O) groups excluding carboxylic acids is 1. The van der Waals surface area contributed by atoms with Gasteiger partial charge in [0, 0.05) is 30.2 Å². The minimum Gasteiger partial charge on any atom is -0.342 e. The van der Waals surface area contributed by atoms with Crippen molar-refractivity contribution in [3.8, 4) is 11.4 Å². The fourth-order valence-electron chi connectivity index (χ4n) is 2.48. The largest absolute Gasteiger partial charge is 0.342 e. The first kappa shape index (κ1) is 15.6. The van der Waals surface area contributed by atoms with Crippen LogP contribution in [0.2, 0.25) is 0 Å². The van der Waals surface area contributed by atoms with Crippen LogP contribution in [0, 0.1) is 0 Å². The molecule has 1 aromatic heterocycles. The lowest BCUT2D eigenvalue weighted by Crippen LogP contribution is -2.29. The van der Waals surface area contributed by atoms with Crippen molar-refractivity contribution in [3.63, 3.8) is 0 Å². The molecule has 0 saturated carbocycles. The Balaban J connectivity index is 1.68. The minimum atomic E-state index is 0.190. The number of rotatable bonds is 4. The molecule has 2 aromatic rings. The van der Waals surface area contributed by atoms with E-state index in [0.717, 1.165) is 46.9 Å². The van der Waals surface area contributed by atoms with Crippen LogP contribution < -0.4 is 0 Å². The second-order valence-electron chi connectivity index (χ2n) is 5.25. The first-order valence-electron chi connectivity index (χ1n) is 7.21. The van der Waals surface area contributed by atoms with E-state index in [-0.39, 0.29) is 5.91 Å². The Morgan fingerprint density at radius 2 is 1.91 bits per heavy atom. The van der Waals surface area contributed by atoms with E-state index in [1.807, 2.05) is 40.8 Å². The van der Waals surface area contributed by atoms with Crippen molar-refractivity contribution in [2.24, 2.45) is 7.05 Å². The van der Waals surface area contributed by atoms with E-state index in [2.05, 4.69) is 26.1 Å². The Kier molecular flexibility index (Phi) is 4.83. The van der Waals surface area contributed by atoms with Crippen LogP contribution in [0.5, 0.6) is 0 Å². The van der Waals surface area contributed by atoms with Crippen LogP contribution in [0.3, 0.4) is 0 Å². The van der Waals surface area contributed by atoms with Crippen LogP contribution in [0.1, 0.15) is 12.8 Å². The number of carbonyl (C=O) groups is 1. The van der Waals surface area contributed by atoms with E-state index in [4.69, 9.17) is 0 Å². The van der Waals surface area contributed by atoms with Crippen molar-refractivity contribution in [2.75, 3.05) is 18.8 Å². The van der Waals surface area contributed by atoms with Gasteiger partial charge in [-0.05, 0) is 25.0 Å². The predicted octanol–water partition coefficient (Wildman–Crippen LogP) is 2.96. The van der Waals surface area contributed by atoms with Gasteiger partial charge in [-0.3, -0.25) is 4.79 Å². The van der Waals surface area contributed by atoms with Gasteiger partial charge in [-0.15, -0.1) is 10.2 Å². The van der Waals surface area contributed by atoms with Crippen LogP contribution in [-0.2, 0) is 11.8 Å². The Morgan fingerprint density at radius 1 is 1.23 bits per heavy atom. The van der Waals surface area contributed by atoms with Crippen molar-refractivity contribution < 1.29 is 4.79 Å². The summed E-state index contributed by atoms with van der Waals surface area (Å²) in [4.78, 5) is 14.0. The van der Waals surface area contributed by atoms with E-state index < -0.39 is 0 Å². The number of amides is 1. The molecule has 1 saturated heterocycles. The fourth-order valence-corrected chi connectivity index (χ4v) is 3.55. The number of halogens is 1. The Bertz CT molecular complexity index is 665. The molecule has 1 aromatic carbocycles. The molecule has 5 nitrogen and oxygen atoms in total. The highest BCUT2D eigenvalue weighted by molar-refractivity contribution is 9.10. The van der Waals surface area contributed by atoms with Crippen LogP contribution in [0.15, 0.2) is 33.9 Å². The van der Waals surface area contributed by atoms with Crippen LogP contribution in [0.4, 0.5) is 0 Å². The van der Waals surface area contributed by atoms with Crippen LogP contribution in [0.25, 0.3) is 11.4 Å². The summed E-state index contributed by atoms with van der Waals surface area (Å²) in [5.74, 6) is 1.42. The molecule has 0 aliphatic carbocycles. The highest BCUT2D eigenvalue weighted by Crippen LogP contribution is 2.24. The maximum Gasteiger partial charge on any atom is 0.233 e. The molecule has 0 bridgehead atoms. The lowest BCUT2D eigenvalue weighted by molar-refractivity contribution is -0.127. The fraction of sp³-hybridized carbons (Fsp3) is 0.400. The summed E-state index contributed by atoms with van der Waals surface area (Å²) in [5.41, 5.74) is 1.01. The van der Waals surface area contributed by atoms with Gasteiger partial charge in [-0.2, -0.15) is 0 Å². The molecule has 0 spiro atoms. The van der Waals surface area contributed by atoms with Crippen molar-refractivity contribution >= 4 is 33.6 Å². The number of nitrogens with zero attached hydrogens (tertiary/aromatic N) is 4. The van der Waals surface area contributed by atoms with Gasteiger partial charge in [0.1, 0.15) is 0 Å². The van der Waals surface area contributed by atoms with Crippen molar-refractivity contribution in [3.05, 3.63) is 28.7 Å². The van der Waals surface area contributed by atoms with Gasteiger partial charge < -0.3 is 9.47 Å². The van der Waals surface area contributed by atoms with Gasteiger partial charge in [-0.25, -0.2) is 0 Å². The normalized spacial score (nSPS) is 14.5. The molecule has 7 heteroatoms. The van der Waals surface area contributed by atoms with E-state index in [1.54, 1.807) is 0 Å². The van der Waals surface area contributed by atoms with Gasteiger partial charge in [-0.1, -0.05) is 39.8 Å². The zero-order chi connectivity index (χ0) is 15.5. The van der Waals surface area contributed by atoms with Crippen molar-refractivity contribution in [1.29, 1.82) is 0 Å². The van der Waals surface area contributed by atoms with Gasteiger partial charge in [0.2, 0.25) is 5.91 Å². The molecule has 1 aliphatic rings. The molecule has 22 heavy (non-hydrogen) atoms. The summed E-state index contributed by atoms with van der Waals surface area (Å²) < 4.78 is 2.97. The Morgan fingerprint density at radius 3 is 2.59 bits per heavy atom. The molecule has 1 fully saturated rings. The number of likely N-dealkylation sites (tertiary alicyclic amines) is 1.